The highest BCUT2D eigenvalue weighted by Crippen LogP contribution is 2.21. The summed E-state index contributed by atoms with van der Waals surface area (Å²) in [6.07, 6.45) is 6.22. The van der Waals surface area contributed by atoms with Crippen LogP contribution in [-0.4, -0.2) is 21.8 Å². The molecule has 0 unspecified atom stereocenters. The van der Waals surface area contributed by atoms with Gasteiger partial charge >= 0.3 is 0 Å². The van der Waals surface area contributed by atoms with Crippen molar-refractivity contribution in [2.75, 3.05) is 0 Å². The Bertz CT molecular complexity index is 480. The lowest BCUT2D eigenvalue weighted by atomic mass is 9.95. The number of rotatable bonds is 2. The van der Waals surface area contributed by atoms with Crippen molar-refractivity contribution in [1.82, 2.24) is 9.88 Å². The van der Waals surface area contributed by atoms with E-state index in [-0.39, 0.29) is 23.8 Å². The first-order valence-electron chi connectivity index (χ1n) is 6.38. The Hall–Kier alpha value is -1.58. The zero-order valence-corrected chi connectivity index (χ0v) is 11.2. The molecule has 4 nitrogen and oxygen atoms in total. The number of Topliss-reactive ketones (excluding diaryl/α,β-unsaturated/α-hetero) is 1. The van der Waals surface area contributed by atoms with Gasteiger partial charge in [0.1, 0.15) is 6.54 Å². The van der Waals surface area contributed by atoms with E-state index in [2.05, 4.69) is 5.32 Å². The number of carbonyl (C=O) groups excluding carboxylic acids is 2. The second kappa shape index (κ2) is 4.59. The van der Waals surface area contributed by atoms with Crippen molar-refractivity contribution in [2.45, 2.75) is 52.1 Å². The zero-order valence-electron chi connectivity index (χ0n) is 11.2. The number of ketones is 1. The largest absolute Gasteiger partial charge is 0.350 e. The van der Waals surface area contributed by atoms with Gasteiger partial charge in [-0.1, -0.05) is 0 Å². The first kappa shape index (κ1) is 12.9. The van der Waals surface area contributed by atoms with Crippen molar-refractivity contribution < 1.29 is 9.59 Å². The third-order valence-corrected chi connectivity index (χ3v) is 2.95. The fourth-order valence-corrected chi connectivity index (χ4v) is 2.29. The van der Waals surface area contributed by atoms with Crippen LogP contribution in [0.1, 0.15) is 49.5 Å². The van der Waals surface area contributed by atoms with Crippen LogP contribution in [0.2, 0.25) is 0 Å². The Kier molecular flexibility index (Phi) is 3.28. The number of hydrogen-bond donors (Lipinski definition) is 1. The highest BCUT2D eigenvalue weighted by atomic mass is 16.2. The molecule has 1 amide bonds. The maximum Gasteiger partial charge on any atom is 0.240 e. The van der Waals surface area contributed by atoms with Gasteiger partial charge in [-0.3, -0.25) is 9.59 Å². The van der Waals surface area contributed by atoms with Crippen molar-refractivity contribution in [3.05, 3.63) is 23.5 Å². The predicted molar refractivity (Wildman–Crippen MR) is 69.6 cm³/mol. The van der Waals surface area contributed by atoms with Crippen molar-refractivity contribution in [3.63, 3.8) is 0 Å². The molecule has 1 N–H and O–H groups in total. The van der Waals surface area contributed by atoms with Crippen LogP contribution in [-0.2, 0) is 17.8 Å². The average molecular weight is 248 g/mol. The quantitative estimate of drug-likeness (QED) is 0.869. The van der Waals surface area contributed by atoms with E-state index in [9.17, 15) is 9.59 Å². The molecule has 0 saturated carbocycles. The van der Waals surface area contributed by atoms with Crippen LogP contribution in [0, 0.1) is 0 Å². The maximum atomic E-state index is 11.8. The van der Waals surface area contributed by atoms with Gasteiger partial charge in [0.2, 0.25) is 5.91 Å². The highest BCUT2D eigenvalue weighted by molar-refractivity contribution is 5.98. The molecule has 0 atom stereocenters. The molecule has 1 aliphatic carbocycles. The van der Waals surface area contributed by atoms with Crippen LogP contribution in [0.25, 0.3) is 0 Å². The molecule has 0 saturated heterocycles. The molecule has 98 valence electrons. The number of amides is 1. The Morgan fingerprint density at radius 1 is 1.33 bits per heavy atom. The molecule has 0 fully saturated rings. The molecule has 0 bridgehead atoms. The van der Waals surface area contributed by atoms with Crippen LogP contribution < -0.4 is 5.32 Å². The second-order valence-corrected chi connectivity index (χ2v) is 5.94. The summed E-state index contributed by atoms with van der Waals surface area (Å²) >= 11 is 0. The monoisotopic (exact) mass is 248 g/mol. The average Bonchev–Trinajstić information content (AvgIpc) is 2.58. The maximum absolute atomic E-state index is 11.8. The summed E-state index contributed by atoms with van der Waals surface area (Å²) in [5.74, 6) is 0.175. The number of aromatic nitrogens is 1. The van der Waals surface area contributed by atoms with Gasteiger partial charge in [-0.15, -0.1) is 0 Å². The van der Waals surface area contributed by atoms with E-state index >= 15 is 0 Å². The Labute approximate surface area is 107 Å². The minimum absolute atomic E-state index is 0.0257. The van der Waals surface area contributed by atoms with Crippen LogP contribution >= 0.6 is 0 Å². The van der Waals surface area contributed by atoms with Crippen LogP contribution in [0.15, 0.2) is 12.4 Å². The minimum atomic E-state index is -0.223. The summed E-state index contributed by atoms with van der Waals surface area (Å²) in [6.45, 7) is 6.14. The normalized spacial score (nSPS) is 15.4. The Morgan fingerprint density at radius 2 is 2.06 bits per heavy atom. The van der Waals surface area contributed by atoms with Gasteiger partial charge in [0.25, 0.3) is 0 Å². The Balaban J connectivity index is 2.07. The molecule has 0 aromatic carbocycles. The van der Waals surface area contributed by atoms with Gasteiger partial charge in [-0.2, -0.15) is 0 Å². The smallest absolute Gasteiger partial charge is 0.240 e. The van der Waals surface area contributed by atoms with Gasteiger partial charge < -0.3 is 9.88 Å². The lowest BCUT2D eigenvalue weighted by Gasteiger charge is -2.20. The molecule has 0 aliphatic heterocycles. The standard InChI is InChI=1S/C14H20N2O2/c1-14(2,3)15-13(18)9-16-7-10-5-4-6-12(17)11(10)8-16/h7-8H,4-6,9H2,1-3H3,(H,15,18). The molecule has 1 heterocycles. The summed E-state index contributed by atoms with van der Waals surface area (Å²) in [7, 11) is 0. The van der Waals surface area contributed by atoms with Gasteiger partial charge in [0, 0.05) is 29.9 Å². The highest BCUT2D eigenvalue weighted by Gasteiger charge is 2.20. The molecule has 1 aliphatic rings. The van der Waals surface area contributed by atoms with Crippen LogP contribution in [0.3, 0.4) is 0 Å². The second-order valence-electron chi connectivity index (χ2n) is 5.94. The number of nitrogens with zero attached hydrogens (tertiary/aromatic N) is 1. The summed E-state index contributed by atoms with van der Waals surface area (Å²) in [5, 5.41) is 2.91. The molecular weight excluding hydrogens is 228 g/mol. The number of hydrogen-bond acceptors (Lipinski definition) is 2. The van der Waals surface area contributed by atoms with Crippen molar-refractivity contribution in [1.29, 1.82) is 0 Å². The van der Waals surface area contributed by atoms with Crippen LogP contribution in [0.5, 0.6) is 0 Å². The summed E-state index contributed by atoms with van der Waals surface area (Å²) in [5.41, 5.74) is 1.65. The summed E-state index contributed by atoms with van der Waals surface area (Å²) in [4.78, 5) is 23.5. The van der Waals surface area contributed by atoms with Crippen molar-refractivity contribution >= 4 is 11.7 Å². The van der Waals surface area contributed by atoms with E-state index in [0.717, 1.165) is 24.0 Å². The summed E-state index contributed by atoms with van der Waals surface area (Å²) < 4.78 is 1.81. The number of nitrogens with one attached hydrogen (secondary N) is 1. The van der Waals surface area contributed by atoms with Gasteiger partial charge in [0.15, 0.2) is 5.78 Å². The van der Waals surface area contributed by atoms with Crippen molar-refractivity contribution in [2.24, 2.45) is 0 Å². The molecule has 0 spiro atoms. The molecule has 18 heavy (non-hydrogen) atoms. The summed E-state index contributed by atoms with van der Waals surface area (Å²) in [6, 6.07) is 0. The lowest BCUT2D eigenvalue weighted by molar-refractivity contribution is -0.123. The van der Waals surface area contributed by atoms with E-state index in [1.54, 1.807) is 6.20 Å². The predicted octanol–water partition coefficient (Wildman–Crippen LogP) is 1.92. The Morgan fingerprint density at radius 3 is 2.67 bits per heavy atom. The van der Waals surface area contributed by atoms with E-state index in [1.807, 2.05) is 31.5 Å². The van der Waals surface area contributed by atoms with Crippen molar-refractivity contribution in [3.8, 4) is 0 Å². The van der Waals surface area contributed by atoms with Crippen LogP contribution in [0.4, 0.5) is 0 Å². The fraction of sp³-hybridized carbons (Fsp3) is 0.571. The molecule has 0 radical (unpaired) electrons. The molecule has 1 aromatic rings. The number of aryl methyl sites for hydroxylation is 1. The van der Waals surface area contributed by atoms with Gasteiger partial charge in [0.05, 0.1) is 0 Å². The molecular formula is C14H20N2O2. The van der Waals surface area contributed by atoms with E-state index in [1.165, 1.54) is 0 Å². The van der Waals surface area contributed by atoms with Gasteiger partial charge in [-0.05, 0) is 39.2 Å². The van der Waals surface area contributed by atoms with E-state index in [4.69, 9.17) is 0 Å². The third-order valence-electron chi connectivity index (χ3n) is 2.95. The van der Waals surface area contributed by atoms with Gasteiger partial charge in [-0.25, -0.2) is 0 Å². The SMILES string of the molecule is CC(C)(C)NC(=O)Cn1cc2c(c1)C(=O)CCC2. The zero-order chi connectivity index (χ0) is 13.3. The van der Waals surface area contributed by atoms with E-state index < -0.39 is 0 Å². The number of fused-ring (bicyclic) bond motifs is 1. The molecule has 4 heteroatoms. The molecule has 2 rings (SSSR count). The number of carbonyl (C=O) groups is 2. The minimum Gasteiger partial charge on any atom is -0.350 e. The third kappa shape index (κ3) is 3.00. The fourth-order valence-electron chi connectivity index (χ4n) is 2.29. The van der Waals surface area contributed by atoms with E-state index in [0.29, 0.717) is 6.42 Å². The first-order chi connectivity index (χ1) is 8.35. The molecule has 1 aromatic heterocycles. The topological polar surface area (TPSA) is 51.1 Å². The first-order valence-corrected chi connectivity index (χ1v) is 6.38. The lowest BCUT2D eigenvalue weighted by Crippen LogP contribution is -2.42.